The standard InChI is InChI=1S/C16H16ClNO5S2/c1-24(20,21)14-8-4-13(5-9-14)18-16(19)10-11-25(22,23)15-6-2-12(17)3-7-15/h2-9H,10-11H2,1H3,(H,18,19). The van der Waals surface area contributed by atoms with Gasteiger partial charge in [-0.15, -0.1) is 0 Å². The Bertz CT molecular complexity index is 966. The number of halogens is 1. The van der Waals surface area contributed by atoms with Gasteiger partial charge in [0.05, 0.1) is 15.5 Å². The number of sulfone groups is 2. The van der Waals surface area contributed by atoms with Crippen LogP contribution >= 0.6 is 11.6 Å². The molecule has 1 amide bonds. The molecule has 0 aliphatic heterocycles. The first-order valence-corrected chi connectivity index (χ1v) is 11.1. The average Bonchev–Trinajstić information content (AvgIpc) is 2.53. The van der Waals surface area contributed by atoms with Crippen LogP contribution in [-0.2, 0) is 24.5 Å². The molecule has 134 valence electrons. The molecule has 9 heteroatoms. The highest BCUT2D eigenvalue weighted by atomic mass is 35.5. The summed E-state index contributed by atoms with van der Waals surface area (Å²) in [5.74, 6) is -0.827. The van der Waals surface area contributed by atoms with Crippen LogP contribution in [0.3, 0.4) is 0 Å². The number of rotatable bonds is 6. The van der Waals surface area contributed by atoms with Gasteiger partial charge in [0.1, 0.15) is 0 Å². The Hall–Kier alpha value is -1.90. The van der Waals surface area contributed by atoms with Crippen molar-refractivity contribution in [2.75, 3.05) is 17.3 Å². The Morgan fingerprint density at radius 1 is 0.920 bits per heavy atom. The molecule has 2 aromatic rings. The van der Waals surface area contributed by atoms with Gasteiger partial charge in [0.25, 0.3) is 0 Å². The van der Waals surface area contributed by atoms with Crippen LogP contribution in [0.4, 0.5) is 5.69 Å². The Labute approximate surface area is 151 Å². The predicted molar refractivity (Wildman–Crippen MR) is 96.3 cm³/mol. The van der Waals surface area contributed by atoms with E-state index in [0.717, 1.165) is 6.26 Å². The first-order valence-electron chi connectivity index (χ1n) is 7.16. The van der Waals surface area contributed by atoms with E-state index >= 15 is 0 Å². The number of hydrogen-bond donors (Lipinski definition) is 1. The van der Waals surface area contributed by atoms with E-state index in [9.17, 15) is 21.6 Å². The van der Waals surface area contributed by atoms with Gasteiger partial charge in [-0.05, 0) is 48.5 Å². The zero-order valence-electron chi connectivity index (χ0n) is 13.3. The number of carbonyl (C=O) groups excluding carboxylic acids is 1. The van der Waals surface area contributed by atoms with Crippen LogP contribution in [-0.4, -0.2) is 34.8 Å². The minimum atomic E-state index is -3.59. The third kappa shape index (κ3) is 5.55. The minimum absolute atomic E-state index is 0.0993. The largest absolute Gasteiger partial charge is 0.326 e. The van der Waals surface area contributed by atoms with Gasteiger partial charge in [-0.2, -0.15) is 0 Å². The highest BCUT2D eigenvalue weighted by Crippen LogP contribution is 2.17. The lowest BCUT2D eigenvalue weighted by Gasteiger charge is -2.07. The summed E-state index contributed by atoms with van der Waals surface area (Å²) in [7, 11) is -6.90. The van der Waals surface area contributed by atoms with Crippen molar-refractivity contribution in [2.45, 2.75) is 16.2 Å². The molecule has 0 saturated carbocycles. The number of nitrogens with one attached hydrogen (secondary N) is 1. The molecule has 0 aromatic heterocycles. The van der Waals surface area contributed by atoms with Crippen LogP contribution in [0, 0.1) is 0 Å². The fraction of sp³-hybridized carbons (Fsp3) is 0.188. The maximum atomic E-state index is 12.2. The molecule has 2 rings (SSSR count). The lowest BCUT2D eigenvalue weighted by atomic mass is 10.3. The van der Waals surface area contributed by atoms with Crippen LogP contribution < -0.4 is 5.32 Å². The van der Waals surface area contributed by atoms with Gasteiger partial charge in [-0.25, -0.2) is 16.8 Å². The summed E-state index contributed by atoms with van der Waals surface area (Å²) in [6, 6.07) is 11.4. The molecular weight excluding hydrogens is 386 g/mol. The number of hydrogen-bond acceptors (Lipinski definition) is 5. The van der Waals surface area contributed by atoms with Crippen molar-refractivity contribution in [1.82, 2.24) is 0 Å². The number of carbonyl (C=O) groups is 1. The molecule has 0 saturated heterocycles. The molecule has 0 radical (unpaired) electrons. The number of benzene rings is 2. The first kappa shape index (κ1) is 19.4. The molecule has 0 aliphatic rings. The molecule has 0 unspecified atom stereocenters. The molecule has 0 spiro atoms. The van der Waals surface area contributed by atoms with Crippen LogP contribution in [0.1, 0.15) is 6.42 Å². The third-order valence-electron chi connectivity index (χ3n) is 3.34. The van der Waals surface area contributed by atoms with Crippen molar-refractivity contribution >= 4 is 42.9 Å². The summed E-state index contributed by atoms with van der Waals surface area (Å²) < 4.78 is 47.1. The molecule has 2 aromatic carbocycles. The lowest BCUT2D eigenvalue weighted by Crippen LogP contribution is -2.17. The maximum absolute atomic E-state index is 12.2. The smallest absolute Gasteiger partial charge is 0.225 e. The zero-order valence-corrected chi connectivity index (χ0v) is 15.7. The topological polar surface area (TPSA) is 97.4 Å². The van der Waals surface area contributed by atoms with E-state index in [4.69, 9.17) is 11.6 Å². The van der Waals surface area contributed by atoms with Gasteiger partial charge in [0.15, 0.2) is 19.7 Å². The molecule has 0 aliphatic carbocycles. The predicted octanol–water partition coefficient (Wildman–Crippen LogP) is 2.55. The van der Waals surface area contributed by atoms with Gasteiger partial charge >= 0.3 is 0 Å². The molecule has 0 heterocycles. The third-order valence-corrected chi connectivity index (χ3v) is 6.45. The Morgan fingerprint density at radius 3 is 1.96 bits per heavy atom. The second-order valence-electron chi connectivity index (χ2n) is 5.37. The fourth-order valence-corrected chi connectivity index (χ4v) is 3.99. The van der Waals surface area contributed by atoms with Crippen molar-refractivity contribution in [2.24, 2.45) is 0 Å². The summed E-state index contributed by atoms with van der Waals surface area (Å²) in [6.45, 7) is 0. The Morgan fingerprint density at radius 2 is 1.44 bits per heavy atom. The molecule has 6 nitrogen and oxygen atoms in total. The fourth-order valence-electron chi connectivity index (χ4n) is 2.00. The highest BCUT2D eigenvalue weighted by Gasteiger charge is 2.16. The Kier molecular flexibility index (Phi) is 5.87. The number of anilines is 1. The molecule has 1 N–H and O–H groups in total. The second kappa shape index (κ2) is 7.55. The van der Waals surface area contributed by atoms with E-state index in [1.54, 1.807) is 0 Å². The van der Waals surface area contributed by atoms with Crippen LogP contribution in [0.15, 0.2) is 58.3 Å². The van der Waals surface area contributed by atoms with Gasteiger partial charge < -0.3 is 5.32 Å². The lowest BCUT2D eigenvalue weighted by molar-refractivity contribution is -0.115. The molecule has 0 atom stereocenters. The minimum Gasteiger partial charge on any atom is -0.326 e. The number of amides is 1. The monoisotopic (exact) mass is 401 g/mol. The summed E-state index contributed by atoms with van der Waals surface area (Å²) in [4.78, 5) is 12.1. The summed E-state index contributed by atoms with van der Waals surface area (Å²) in [5.41, 5.74) is 0.390. The summed E-state index contributed by atoms with van der Waals surface area (Å²) in [6.07, 6.45) is 0.862. The van der Waals surface area contributed by atoms with E-state index in [-0.39, 0.29) is 22.0 Å². The molecular formula is C16H16ClNO5S2. The van der Waals surface area contributed by atoms with Crippen LogP contribution in [0.5, 0.6) is 0 Å². The normalized spacial score (nSPS) is 11.9. The first-order chi connectivity index (χ1) is 11.6. The van der Waals surface area contributed by atoms with Crippen molar-refractivity contribution in [3.8, 4) is 0 Å². The Balaban J connectivity index is 1.97. The van der Waals surface area contributed by atoms with Crippen molar-refractivity contribution in [3.63, 3.8) is 0 Å². The zero-order chi connectivity index (χ0) is 18.7. The van der Waals surface area contributed by atoms with E-state index in [2.05, 4.69) is 5.32 Å². The van der Waals surface area contributed by atoms with Crippen molar-refractivity contribution in [1.29, 1.82) is 0 Å². The summed E-state index contributed by atoms with van der Waals surface area (Å²) in [5, 5.41) is 2.96. The van der Waals surface area contributed by atoms with Crippen molar-refractivity contribution < 1.29 is 21.6 Å². The van der Waals surface area contributed by atoms with Crippen LogP contribution in [0.2, 0.25) is 5.02 Å². The van der Waals surface area contributed by atoms with Gasteiger partial charge in [0, 0.05) is 23.4 Å². The van der Waals surface area contributed by atoms with Gasteiger partial charge in [-0.3, -0.25) is 4.79 Å². The molecule has 25 heavy (non-hydrogen) atoms. The van der Waals surface area contributed by atoms with Gasteiger partial charge in [0.2, 0.25) is 5.91 Å². The van der Waals surface area contributed by atoms with Crippen LogP contribution in [0.25, 0.3) is 0 Å². The molecule has 0 fully saturated rings. The van der Waals surface area contributed by atoms with E-state index in [0.29, 0.717) is 10.7 Å². The van der Waals surface area contributed by atoms with Gasteiger partial charge in [-0.1, -0.05) is 11.6 Å². The maximum Gasteiger partial charge on any atom is 0.225 e. The SMILES string of the molecule is CS(=O)(=O)c1ccc(NC(=O)CCS(=O)(=O)c2ccc(Cl)cc2)cc1. The van der Waals surface area contributed by atoms with E-state index in [1.165, 1.54) is 48.5 Å². The van der Waals surface area contributed by atoms with E-state index < -0.39 is 25.6 Å². The summed E-state index contributed by atoms with van der Waals surface area (Å²) >= 11 is 5.72. The van der Waals surface area contributed by atoms with Crippen molar-refractivity contribution in [3.05, 3.63) is 53.6 Å². The molecule has 0 bridgehead atoms. The highest BCUT2D eigenvalue weighted by molar-refractivity contribution is 7.91. The average molecular weight is 402 g/mol. The van der Waals surface area contributed by atoms with E-state index in [1.807, 2.05) is 0 Å². The second-order valence-corrected chi connectivity index (χ2v) is 9.93. The quantitative estimate of drug-likeness (QED) is 0.802.